The van der Waals surface area contributed by atoms with Gasteiger partial charge in [-0.15, -0.1) is 0 Å². The number of rotatable bonds is 8. The number of nitrogens with one attached hydrogen (secondary N) is 1. The molecule has 0 fully saturated rings. The quantitative estimate of drug-likeness (QED) is 0.659. The molecule has 156 valence electrons. The molecule has 1 atom stereocenters. The topological polar surface area (TPSA) is 102 Å². The number of carbonyl (C=O) groups is 2. The van der Waals surface area contributed by atoms with Crippen molar-refractivity contribution in [2.75, 3.05) is 30.1 Å². The summed E-state index contributed by atoms with van der Waals surface area (Å²) in [4.78, 5) is 24.4. The number of hydrogen-bond donors (Lipinski definition) is 1. The normalized spacial score (nSPS) is 12.0. The van der Waals surface area contributed by atoms with Crippen LogP contribution in [0.5, 0.6) is 5.75 Å². The number of hydrogen-bond acceptors (Lipinski definition) is 6. The highest BCUT2D eigenvalue weighted by Crippen LogP contribution is 2.25. The van der Waals surface area contributed by atoms with Gasteiger partial charge in [0.25, 0.3) is 0 Å². The minimum atomic E-state index is -3.74. The first-order chi connectivity index (χ1) is 13.7. The van der Waals surface area contributed by atoms with Gasteiger partial charge in [0, 0.05) is 5.69 Å². The SMILES string of the molecule is CC[C@H](C(=O)Nc1ccc(C(=O)OC)cc1)N(c1ccc(OC)cc1)S(C)(=O)=O. The third-order valence-corrected chi connectivity index (χ3v) is 5.41. The first kappa shape index (κ1) is 22.2. The summed E-state index contributed by atoms with van der Waals surface area (Å²) in [5, 5.41) is 2.70. The van der Waals surface area contributed by atoms with Crippen LogP contribution >= 0.6 is 0 Å². The van der Waals surface area contributed by atoms with Crippen molar-refractivity contribution in [1.29, 1.82) is 0 Å². The fourth-order valence-corrected chi connectivity index (χ4v) is 4.03. The summed E-state index contributed by atoms with van der Waals surface area (Å²) in [5.41, 5.74) is 1.13. The summed E-state index contributed by atoms with van der Waals surface area (Å²) in [6.07, 6.45) is 1.31. The van der Waals surface area contributed by atoms with E-state index in [4.69, 9.17) is 4.74 Å². The molecule has 0 radical (unpaired) electrons. The van der Waals surface area contributed by atoms with Crippen LogP contribution in [0.1, 0.15) is 23.7 Å². The smallest absolute Gasteiger partial charge is 0.337 e. The van der Waals surface area contributed by atoms with E-state index in [9.17, 15) is 18.0 Å². The van der Waals surface area contributed by atoms with E-state index in [0.717, 1.165) is 10.6 Å². The molecule has 8 nitrogen and oxygen atoms in total. The number of sulfonamides is 1. The van der Waals surface area contributed by atoms with Crippen molar-refractivity contribution in [3.63, 3.8) is 0 Å². The zero-order valence-electron chi connectivity index (χ0n) is 16.7. The van der Waals surface area contributed by atoms with Crippen LogP contribution < -0.4 is 14.4 Å². The summed E-state index contributed by atoms with van der Waals surface area (Å²) >= 11 is 0. The lowest BCUT2D eigenvalue weighted by atomic mass is 10.1. The van der Waals surface area contributed by atoms with Crippen LogP contribution in [0.4, 0.5) is 11.4 Å². The lowest BCUT2D eigenvalue weighted by Crippen LogP contribution is -2.47. The van der Waals surface area contributed by atoms with Crippen LogP contribution in [0, 0.1) is 0 Å². The van der Waals surface area contributed by atoms with E-state index in [1.165, 1.54) is 26.4 Å². The molecule has 0 unspecified atom stereocenters. The molecule has 0 saturated carbocycles. The monoisotopic (exact) mass is 420 g/mol. The number of amides is 1. The molecular formula is C20H24N2O6S. The second-order valence-electron chi connectivity index (χ2n) is 6.24. The Hall–Kier alpha value is -3.07. The van der Waals surface area contributed by atoms with E-state index >= 15 is 0 Å². The Morgan fingerprint density at radius 1 is 1.03 bits per heavy atom. The summed E-state index contributed by atoms with van der Waals surface area (Å²) < 4.78 is 35.7. The predicted octanol–water partition coefficient (Wildman–Crippen LogP) is 2.67. The molecule has 9 heteroatoms. The first-order valence-corrected chi connectivity index (χ1v) is 10.7. The van der Waals surface area contributed by atoms with Crippen LogP contribution in [-0.4, -0.2) is 46.8 Å². The van der Waals surface area contributed by atoms with Crippen LogP contribution in [0.3, 0.4) is 0 Å². The molecule has 0 heterocycles. The molecule has 1 amide bonds. The molecule has 1 N–H and O–H groups in total. The van der Waals surface area contributed by atoms with Crippen LogP contribution in [0.25, 0.3) is 0 Å². The third-order valence-electron chi connectivity index (χ3n) is 4.23. The van der Waals surface area contributed by atoms with Crippen molar-refractivity contribution in [2.45, 2.75) is 19.4 Å². The molecular weight excluding hydrogens is 396 g/mol. The van der Waals surface area contributed by atoms with Gasteiger partial charge < -0.3 is 14.8 Å². The number of carbonyl (C=O) groups excluding carboxylic acids is 2. The summed E-state index contributed by atoms with van der Waals surface area (Å²) in [5.74, 6) is -0.401. The van der Waals surface area contributed by atoms with Gasteiger partial charge in [-0.2, -0.15) is 0 Å². The Balaban J connectivity index is 2.29. The molecule has 2 aromatic carbocycles. The maximum atomic E-state index is 12.9. The van der Waals surface area contributed by atoms with E-state index in [0.29, 0.717) is 22.7 Å². The minimum Gasteiger partial charge on any atom is -0.497 e. The summed E-state index contributed by atoms with van der Waals surface area (Å²) in [6, 6.07) is 11.6. The molecule has 0 spiro atoms. The number of esters is 1. The largest absolute Gasteiger partial charge is 0.497 e. The number of nitrogens with zero attached hydrogens (tertiary/aromatic N) is 1. The van der Waals surface area contributed by atoms with Gasteiger partial charge in [-0.05, 0) is 55.0 Å². The van der Waals surface area contributed by atoms with Crippen molar-refractivity contribution >= 4 is 33.3 Å². The molecule has 0 saturated heterocycles. The van der Waals surface area contributed by atoms with Gasteiger partial charge in [0.05, 0.1) is 31.7 Å². The highest BCUT2D eigenvalue weighted by Gasteiger charge is 2.31. The van der Waals surface area contributed by atoms with Crippen LogP contribution in [-0.2, 0) is 19.6 Å². The highest BCUT2D eigenvalue weighted by atomic mass is 32.2. The van der Waals surface area contributed by atoms with E-state index in [-0.39, 0.29) is 6.42 Å². The number of methoxy groups -OCH3 is 2. The van der Waals surface area contributed by atoms with Gasteiger partial charge in [-0.3, -0.25) is 9.10 Å². The molecule has 29 heavy (non-hydrogen) atoms. The van der Waals surface area contributed by atoms with Gasteiger partial charge in [0.15, 0.2) is 0 Å². The Bertz CT molecular complexity index is 955. The van der Waals surface area contributed by atoms with Crippen molar-refractivity contribution in [3.8, 4) is 5.75 Å². The number of ether oxygens (including phenoxy) is 2. The van der Waals surface area contributed by atoms with Gasteiger partial charge in [-0.1, -0.05) is 6.92 Å². The minimum absolute atomic E-state index is 0.255. The molecule has 2 rings (SSSR count). The summed E-state index contributed by atoms with van der Waals surface area (Å²) in [7, 11) is -0.945. The zero-order chi connectivity index (χ0) is 21.6. The van der Waals surface area contributed by atoms with Gasteiger partial charge in [-0.25, -0.2) is 13.2 Å². The van der Waals surface area contributed by atoms with Crippen molar-refractivity contribution in [1.82, 2.24) is 0 Å². The Kier molecular flexibility index (Phi) is 7.22. The molecule has 0 aromatic heterocycles. The Labute approximate surface area is 170 Å². The van der Waals surface area contributed by atoms with E-state index in [1.54, 1.807) is 43.3 Å². The zero-order valence-corrected chi connectivity index (χ0v) is 17.5. The molecule has 2 aromatic rings. The van der Waals surface area contributed by atoms with Gasteiger partial charge in [0.2, 0.25) is 15.9 Å². The van der Waals surface area contributed by atoms with Gasteiger partial charge >= 0.3 is 5.97 Å². The van der Waals surface area contributed by atoms with E-state index in [2.05, 4.69) is 10.1 Å². The maximum Gasteiger partial charge on any atom is 0.337 e. The van der Waals surface area contributed by atoms with E-state index in [1.807, 2.05) is 0 Å². The van der Waals surface area contributed by atoms with E-state index < -0.39 is 27.9 Å². The number of anilines is 2. The van der Waals surface area contributed by atoms with Crippen LogP contribution in [0.2, 0.25) is 0 Å². The average molecular weight is 420 g/mol. The summed E-state index contributed by atoms with van der Waals surface area (Å²) in [6.45, 7) is 1.73. The lowest BCUT2D eigenvalue weighted by Gasteiger charge is -2.30. The standard InChI is InChI=1S/C20H24N2O6S/c1-5-18(19(23)21-15-8-6-14(7-9-15)20(24)28-3)22(29(4,25)26)16-10-12-17(27-2)13-11-16/h6-13,18H,5H2,1-4H3,(H,21,23)/t18-/m1/s1. The van der Waals surface area contributed by atoms with Crippen molar-refractivity contribution < 1.29 is 27.5 Å². The number of benzene rings is 2. The lowest BCUT2D eigenvalue weighted by molar-refractivity contribution is -0.117. The Morgan fingerprint density at radius 3 is 2.07 bits per heavy atom. The predicted molar refractivity (Wildman–Crippen MR) is 111 cm³/mol. The third kappa shape index (κ3) is 5.47. The Morgan fingerprint density at radius 2 is 1.62 bits per heavy atom. The molecule has 0 aliphatic heterocycles. The molecule has 0 bridgehead atoms. The first-order valence-electron chi connectivity index (χ1n) is 8.84. The van der Waals surface area contributed by atoms with Crippen molar-refractivity contribution in [2.24, 2.45) is 0 Å². The van der Waals surface area contributed by atoms with Crippen molar-refractivity contribution in [3.05, 3.63) is 54.1 Å². The highest BCUT2D eigenvalue weighted by molar-refractivity contribution is 7.92. The molecule has 0 aliphatic rings. The second kappa shape index (κ2) is 9.42. The fourth-order valence-electron chi connectivity index (χ4n) is 2.82. The van der Waals surface area contributed by atoms with Gasteiger partial charge in [0.1, 0.15) is 11.8 Å². The fraction of sp³-hybridized carbons (Fsp3) is 0.300. The maximum absolute atomic E-state index is 12.9. The average Bonchev–Trinajstić information content (AvgIpc) is 2.71. The second-order valence-corrected chi connectivity index (χ2v) is 8.10. The molecule has 0 aliphatic carbocycles. The van der Waals surface area contributed by atoms with Crippen LogP contribution in [0.15, 0.2) is 48.5 Å².